The second-order valence-electron chi connectivity index (χ2n) is 2.90. The highest BCUT2D eigenvalue weighted by atomic mass is 32.1. The second kappa shape index (κ2) is 4.19. The van der Waals surface area contributed by atoms with E-state index in [9.17, 15) is 4.79 Å². The number of hydrogen-bond acceptors (Lipinski definition) is 3. The number of aromatic nitrogens is 1. The maximum atomic E-state index is 10.0. The Labute approximate surface area is 85.8 Å². The van der Waals surface area contributed by atoms with Crippen LogP contribution >= 0.6 is 11.3 Å². The van der Waals surface area contributed by atoms with Gasteiger partial charge in [0.25, 0.3) is 0 Å². The molecule has 4 heteroatoms. The van der Waals surface area contributed by atoms with Crippen molar-refractivity contribution in [2.45, 2.75) is 6.42 Å². The van der Waals surface area contributed by atoms with Crippen LogP contribution in [0.1, 0.15) is 5.01 Å². The zero-order valence-corrected chi connectivity index (χ0v) is 8.38. The van der Waals surface area contributed by atoms with Crippen LogP contribution in [-0.4, -0.2) is 17.9 Å². The van der Waals surface area contributed by atoms with Crippen LogP contribution in [0.2, 0.25) is 0 Å². The lowest BCUT2D eigenvalue weighted by atomic mass is 10.3. The van der Waals surface area contributed by atoms with Crippen LogP contribution in [0.15, 0.2) is 24.3 Å². The van der Waals surface area contributed by atoms with Crippen LogP contribution < -0.4 is 5.32 Å². The van der Waals surface area contributed by atoms with Gasteiger partial charge in [0.1, 0.15) is 0 Å². The van der Waals surface area contributed by atoms with Crippen LogP contribution in [0.3, 0.4) is 0 Å². The van der Waals surface area contributed by atoms with Gasteiger partial charge >= 0.3 is 0 Å². The number of thiazole rings is 1. The number of hydrogen-bond donors (Lipinski definition) is 1. The van der Waals surface area contributed by atoms with Gasteiger partial charge in [-0.05, 0) is 12.1 Å². The molecule has 1 N–H and O–H groups in total. The lowest BCUT2D eigenvalue weighted by molar-refractivity contribution is -0.109. The number of fused-ring (bicyclic) bond motifs is 1. The number of para-hydroxylation sites is 1. The van der Waals surface area contributed by atoms with Crippen molar-refractivity contribution < 1.29 is 4.79 Å². The Morgan fingerprint density at radius 2 is 2.29 bits per heavy atom. The molecule has 72 valence electrons. The van der Waals surface area contributed by atoms with Crippen LogP contribution in [0.25, 0.3) is 10.2 Å². The minimum absolute atomic E-state index is 0.656. The number of benzene rings is 1. The Kier molecular flexibility index (Phi) is 2.74. The molecule has 0 aliphatic heterocycles. The predicted molar refractivity (Wildman–Crippen MR) is 57.4 cm³/mol. The molecule has 2 rings (SSSR count). The third-order valence-corrected chi connectivity index (χ3v) is 3.00. The molecule has 0 saturated heterocycles. The van der Waals surface area contributed by atoms with E-state index in [1.807, 2.05) is 18.2 Å². The number of nitrogens with zero attached hydrogens (tertiary/aromatic N) is 1. The van der Waals surface area contributed by atoms with Crippen LogP contribution in [-0.2, 0) is 11.2 Å². The maximum absolute atomic E-state index is 10.0. The Balaban J connectivity index is 2.14. The smallest absolute Gasteiger partial charge is 0.207 e. The highest BCUT2D eigenvalue weighted by Crippen LogP contribution is 2.21. The fourth-order valence-electron chi connectivity index (χ4n) is 1.26. The first-order valence-electron chi connectivity index (χ1n) is 4.41. The molecule has 0 bridgehead atoms. The standard InChI is InChI=1S/C10H10N2OS/c13-7-11-6-5-10-12-8-3-1-2-4-9(8)14-10/h1-4,7H,5-6H2,(H,11,13). The number of nitrogens with one attached hydrogen (secondary N) is 1. The SMILES string of the molecule is O=CNCCc1nc2ccccc2s1. The van der Waals surface area contributed by atoms with E-state index in [1.165, 1.54) is 4.70 Å². The first-order valence-corrected chi connectivity index (χ1v) is 5.23. The topological polar surface area (TPSA) is 42.0 Å². The maximum Gasteiger partial charge on any atom is 0.207 e. The van der Waals surface area contributed by atoms with Gasteiger partial charge in [-0.15, -0.1) is 11.3 Å². The minimum Gasteiger partial charge on any atom is -0.358 e. The van der Waals surface area contributed by atoms with Crippen molar-refractivity contribution >= 4 is 28.0 Å². The van der Waals surface area contributed by atoms with E-state index in [1.54, 1.807) is 11.3 Å². The summed E-state index contributed by atoms with van der Waals surface area (Å²) < 4.78 is 1.20. The molecule has 1 aromatic carbocycles. The van der Waals surface area contributed by atoms with Crippen LogP contribution in [0.4, 0.5) is 0 Å². The Bertz CT molecular complexity index is 405. The first kappa shape index (κ1) is 9.15. The largest absolute Gasteiger partial charge is 0.358 e. The molecule has 0 saturated carbocycles. The number of carbonyl (C=O) groups is 1. The van der Waals surface area contributed by atoms with Gasteiger partial charge in [0.15, 0.2) is 0 Å². The van der Waals surface area contributed by atoms with E-state index in [0.717, 1.165) is 16.9 Å². The highest BCUT2D eigenvalue weighted by Gasteiger charge is 2.01. The van der Waals surface area contributed by atoms with E-state index in [-0.39, 0.29) is 0 Å². The summed E-state index contributed by atoms with van der Waals surface area (Å²) in [6, 6.07) is 8.05. The van der Waals surface area contributed by atoms with Gasteiger partial charge in [-0.2, -0.15) is 0 Å². The number of carbonyl (C=O) groups excluding carboxylic acids is 1. The molecule has 1 aromatic heterocycles. The molecule has 0 aliphatic carbocycles. The van der Waals surface area contributed by atoms with Gasteiger partial charge in [0, 0.05) is 13.0 Å². The summed E-state index contributed by atoms with van der Waals surface area (Å²) >= 11 is 1.68. The van der Waals surface area contributed by atoms with Crippen molar-refractivity contribution in [3.05, 3.63) is 29.3 Å². The van der Waals surface area contributed by atoms with E-state index < -0.39 is 0 Å². The van der Waals surface area contributed by atoms with Crippen molar-refractivity contribution in [1.82, 2.24) is 10.3 Å². The summed E-state index contributed by atoms with van der Waals surface area (Å²) in [6.07, 6.45) is 1.52. The van der Waals surface area contributed by atoms with Gasteiger partial charge in [-0.1, -0.05) is 12.1 Å². The van der Waals surface area contributed by atoms with Crippen molar-refractivity contribution in [1.29, 1.82) is 0 Å². The van der Waals surface area contributed by atoms with E-state index in [2.05, 4.69) is 16.4 Å². The van der Waals surface area contributed by atoms with Gasteiger partial charge < -0.3 is 5.32 Å². The summed E-state index contributed by atoms with van der Waals surface area (Å²) in [5.74, 6) is 0. The fraction of sp³-hybridized carbons (Fsp3) is 0.200. The summed E-state index contributed by atoms with van der Waals surface area (Å²) in [5.41, 5.74) is 1.04. The Morgan fingerprint density at radius 3 is 3.07 bits per heavy atom. The van der Waals surface area contributed by atoms with Crippen molar-refractivity contribution in [3.8, 4) is 0 Å². The molecular weight excluding hydrogens is 196 g/mol. The molecular formula is C10H10N2OS. The van der Waals surface area contributed by atoms with Crippen molar-refractivity contribution in [3.63, 3.8) is 0 Å². The second-order valence-corrected chi connectivity index (χ2v) is 4.01. The van der Waals surface area contributed by atoms with E-state index in [0.29, 0.717) is 13.0 Å². The molecule has 0 fully saturated rings. The first-order chi connectivity index (χ1) is 6.90. The Morgan fingerprint density at radius 1 is 1.43 bits per heavy atom. The average Bonchev–Trinajstić information content (AvgIpc) is 2.60. The molecule has 2 aromatic rings. The van der Waals surface area contributed by atoms with Crippen molar-refractivity contribution in [2.75, 3.05) is 6.54 Å². The Hall–Kier alpha value is -1.42. The van der Waals surface area contributed by atoms with Crippen LogP contribution in [0.5, 0.6) is 0 Å². The molecule has 14 heavy (non-hydrogen) atoms. The van der Waals surface area contributed by atoms with E-state index >= 15 is 0 Å². The molecule has 0 spiro atoms. The molecule has 0 radical (unpaired) electrons. The summed E-state index contributed by atoms with van der Waals surface area (Å²) in [7, 11) is 0. The van der Waals surface area contributed by atoms with Gasteiger partial charge in [0.05, 0.1) is 15.2 Å². The van der Waals surface area contributed by atoms with Crippen LogP contribution in [0, 0.1) is 0 Å². The molecule has 1 heterocycles. The molecule has 0 aliphatic rings. The zero-order chi connectivity index (χ0) is 9.80. The highest BCUT2D eigenvalue weighted by molar-refractivity contribution is 7.18. The number of rotatable bonds is 4. The average molecular weight is 206 g/mol. The molecule has 1 amide bonds. The summed E-state index contributed by atoms with van der Waals surface area (Å²) in [4.78, 5) is 14.5. The minimum atomic E-state index is 0.656. The zero-order valence-electron chi connectivity index (χ0n) is 7.56. The van der Waals surface area contributed by atoms with Gasteiger partial charge in [-0.3, -0.25) is 4.79 Å². The fourth-order valence-corrected chi connectivity index (χ4v) is 2.23. The lowest BCUT2D eigenvalue weighted by Gasteiger charge is -1.92. The third kappa shape index (κ3) is 1.90. The van der Waals surface area contributed by atoms with E-state index in [4.69, 9.17) is 0 Å². The molecule has 0 atom stereocenters. The predicted octanol–water partition coefficient (Wildman–Crippen LogP) is 1.58. The normalized spacial score (nSPS) is 10.3. The van der Waals surface area contributed by atoms with Gasteiger partial charge in [0.2, 0.25) is 6.41 Å². The van der Waals surface area contributed by atoms with Gasteiger partial charge in [-0.25, -0.2) is 4.98 Å². The summed E-state index contributed by atoms with van der Waals surface area (Å²) in [6.45, 7) is 0.656. The molecule has 0 unspecified atom stereocenters. The molecule has 3 nitrogen and oxygen atoms in total. The lowest BCUT2D eigenvalue weighted by Crippen LogP contribution is -2.14. The monoisotopic (exact) mass is 206 g/mol. The third-order valence-electron chi connectivity index (χ3n) is 1.90. The van der Waals surface area contributed by atoms with Crippen molar-refractivity contribution in [2.24, 2.45) is 0 Å². The summed E-state index contributed by atoms with van der Waals surface area (Å²) in [5, 5.41) is 3.70. The number of amides is 1. The quantitative estimate of drug-likeness (QED) is 0.609.